The number of carboxylic acid groups (broad SMARTS) is 1. The molecule has 1 aliphatic heterocycles. The topological polar surface area (TPSA) is 123 Å². The molecule has 3 rings (SSSR count). The number of likely N-dealkylation sites (tertiary alicyclic amines) is 1. The summed E-state index contributed by atoms with van der Waals surface area (Å²) in [7, 11) is 0. The number of aliphatic carboxylic acids is 1. The van der Waals surface area contributed by atoms with Crippen molar-refractivity contribution in [3.63, 3.8) is 0 Å². The number of halogens is 1. The van der Waals surface area contributed by atoms with Crippen molar-refractivity contribution in [1.82, 2.24) is 15.2 Å². The Morgan fingerprint density at radius 2 is 2.11 bits per heavy atom. The van der Waals surface area contributed by atoms with Gasteiger partial charge in [0.15, 0.2) is 0 Å². The van der Waals surface area contributed by atoms with Crippen molar-refractivity contribution in [3.8, 4) is 6.07 Å². The number of nitrogens with one attached hydrogen (secondary N) is 1. The van der Waals surface area contributed by atoms with Crippen LogP contribution in [0.1, 0.15) is 16.9 Å². The molecule has 1 aromatic carbocycles. The van der Waals surface area contributed by atoms with Crippen molar-refractivity contribution < 1.29 is 23.9 Å². The molecule has 2 amide bonds. The van der Waals surface area contributed by atoms with Crippen molar-refractivity contribution in [2.45, 2.75) is 12.5 Å². The average Bonchev–Trinajstić information content (AvgIpc) is 3.10. The number of carboxylic acids is 1. The van der Waals surface area contributed by atoms with Crippen LogP contribution in [0.5, 0.6) is 0 Å². The van der Waals surface area contributed by atoms with Crippen LogP contribution in [0, 0.1) is 23.1 Å². The fraction of sp³-hybridized carbons (Fsp3) is 0.278. The smallest absolute Gasteiger partial charge is 0.326 e. The zero-order chi connectivity index (χ0) is 19.6. The number of benzene rings is 1. The predicted octanol–water partition coefficient (Wildman–Crippen LogP) is 0.929. The first kappa shape index (κ1) is 18.3. The molecule has 8 nitrogen and oxygen atoms in total. The molecule has 2 aromatic rings. The Morgan fingerprint density at radius 1 is 1.33 bits per heavy atom. The lowest BCUT2D eigenvalue weighted by molar-refractivity contribution is -0.147. The van der Waals surface area contributed by atoms with E-state index in [2.05, 4.69) is 10.3 Å². The van der Waals surface area contributed by atoms with Crippen LogP contribution >= 0.6 is 0 Å². The Kier molecular flexibility index (Phi) is 4.98. The van der Waals surface area contributed by atoms with Crippen LogP contribution in [-0.4, -0.2) is 51.9 Å². The zero-order valence-electron chi connectivity index (χ0n) is 14.1. The molecule has 0 unspecified atom stereocenters. The van der Waals surface area contributed by atoms with E-state index >= 15 is 0 Å². The van der Waals surface area contributed by atoms with E-state index in [1.54, 1.807) is 6.07 Å². The van der Waals surface area contributed by atoms with Crippen LogP contribution in [0.4, 0.5) is 4.39 Å². The first-order chi connectivity index (χ1) is 12.9. The molecule has 0 aliphatic carbocycles. The van der Waals surface area contributed by atoms with Gasteiger partial charge in [-0.3, -0.25) is 9.59 Å². The summed E-state index contributed by atoms with van der Waals surface area (Å²) in [6.07, 6.45) is 0.0638. The van der Waals surface area contributed by atoms with Gasteiger partial charge in [-0.1, -0.05) is 6.07 Å². The number of carbonyl (C=O) groups is 3. The van der Waals surface area contributed by atoms with Crippen LogP contribution < -0.4 is 5.32 Å². The van der Waals surface area contributed by atoms with Gasteiger partial charge in [-0.05, 0) is 30.7 Å². The molecule has 2 N–H and O–H groups in total. The van der Waals surface area contributed by atoms with Gasteiger partial charge >= 0.3 is 5.97 Å². The maximum atomic E-state index is 13.2. The molecule has 0 spiro atoms. The number of hydrogen-bond acceptors (Lipinski definition) is 5. The highest BCUT2D eigenvalue weighted by molar-refractivity contribution is 5.97. The third-order valence-corrected chi connectivity index (χ3v) is 4.37. The lowest BCUT2D eigenvalue weighted by Crippen LogP contribution is -2.45. The van der Waals surface area contributed by atoms with Crippen molar-refractivity contribution >= 4 is 28.7 Å². The highest BCUT2D eigenvalue weighted by Crippen LogP contribution is 2.23. The summed E-state index contributed by atoms with van der Waals surface area (Å²) >= 11 is 0. The van der Waals surface area contributed by atoms with E-state index in [4.69, 9.17) is 5.26 Å². The van der Waals surface area contributed by atoms with Crippen LogP contribution in [0.25, 0.3) is 10.9 Å². The minimum atomic E-state index is -1.18. The fourth-order valence-corrected chi connectivity index (χ4v) is 3.01. The molecule has 138 valence electrons. The molecule has 0 radical (unpaired) electrons. The van der Waals surface area contributed by atoms with Gasteiger partial charge < -0.3 is 15.3 Å². The molecule has 1 fully saturated rings. The van der Waals surface area contributed by atoms with Crippen molar-refractivity contribution in [2.75, 3.05) is 13.1 Å². The molecule has 0 saturated carbocycles. The Balaban J connectivity index is 1.66. The van der Waals surface area contributed by atoms with E-state index in [0.717, 1.165) is 4.90 Å². The predicted molar refractivity (Wildman–Crippen MR) is 90.9 cm³/mol. The van der Waals surface area contributed by atoms with Crippen LogP contribution in [0.15, 0.2) is 30.3 Å². The minimum Gasteiger partial charge on any atom is -0.480 e. The standard InChI is InChI=1S/C18H15FN4O4/c19-12-2-4-13-11(6-12)1-3-14(22-13)17(25)21-8-16(24)23-9-10(7-20)5-15(23)18(26)27/h1-4,6,10,15H,5,8-9H2,(H,21,25)(H,26,27)/t10-,15-/m0/s1. The van der Waals surface area contributed by atoms with E-state index in [0.29, 0.717) is 10.9 Å². The molecule has 1 aliphatic rings. The number of carbonyl (C=O) groups excluding carboxylic acids is 2. The summed E-state index contributed by atoms with van der Waals surface area (Å²) in [5, 5.41) is 21.1. The second kappa shape index (κ2) is 7.37. The molecular weight excluding hydrogens is 355 g/mol. The minimum absolute atomic E-state index is 0.0158. The van der Waals surface area contributed by atoms with E-state index in [-0.39, 0.29) is 18.7 Å². The number of aromatic nitrogens is 1. The van der Waals surface area contributed by atoms with Crippen molar-refractivity contribution in [1.29, 1.82) is 5.26 Å². The van der Waals surface area contributed by atoms with Gasteiger partial charge in [-0.2, -0.15) is 5.26 Å². The normalized spacial score (nSPS) is 18.9. The Hall–Kier alpha value is -3.54. The van der Waals surface area contributed by atoms with Crippen LogP contribution in [0.3, 0.4) is 0 Å². The van der Waals surface area contributed by atoms with Gasteiger partial charge in [0, 0.05) is 11.9 Å². The lowest BCUT2D eigenvalue weighted by Gasteiger charge is -2.21. The van der Waals surface area contributed by atoms with Crippen LogP contribution in [-0.2, 0) is 9.59 Å². The monoisotopic (exact) mass is 370 g/mol. The van der Waals surface area contributed by atoms with Gasteiger partial charge in [0.1, 0.15) is 17.6 Å². The molecule has 27 heavy (non-hydrogen) atoms. The van der Waals surface area contributed by atoms with Crippen molar-refractivity contribution in [2.24, 2.45) is 5.92 Å². The summed E-state index contributed by atoms with van der Waals surface area (Å²) in [6.45, 7) is -0.397. The van der Waals surface area contributed by atoms with Gasteiger partial charge in [0.25, 0.3) is 5.91 Å². The zero-order valence-corrected chi connectivity index (χ0v) is 14.1. The van der Waals surface area contributed by atoms with Gasteiger partial charge in [-0.15, -0.1) is 0 Å². The number of nitriles is 1. The van der Waals surface area contributed by atoms with E-state index < -0.39 is 42.1 Å². The van der Waals surface area contributed by atoms with E-state index in [1.807, 2.05) is 6.07 Å². The number of rotatable bonds is 4. The first-order valence-corrected chi connectivity index (χ1v) is 8.15. The van der Waals surface area contributed by atoms with Gasteiger partial charge in [0.2, 0.25) is 5.91 Å². The maximum Gasteiger partial charge on any atom is 0.326 e. The Morgan fingerprint density at radius 3 is 2.81 bits per heavy atom. The molecule has 9 heteroatoms. The highest BCUT2D eigenvalue weighted by Gasteiger charge is 2.39. The van der Waals surface area contributed by atoms with Gasteiger partial charge in [0.05, 0.1) is 24.0 Å². The number of fused-ring (bicyclic) bond motifs is 1. The second-order valence-corrected chi connectivity index (χ2v) is 6.18. The highest BCUT2D eigenvalue weighted by atomic mass is 19.1. The summed E-state index contributed by atoms with van der Waals surface area (Å²) < 4.78 is 13.2. The lowest BCUT2D eigenvalue weighted by atomic mass is 10.1. The molecule has 2 heterocycles. The molecular formula is C18H15FN4O4. The van der Waals surface area contributed by atoms with Gasteiger partial charge in [-0.25, -0.2) is 14.2 Å². The third-order valence-electron chi connectivity index (χ3n) is 4.37. The quantitative estimate of drug-likeness (QED) is 0.825. The van der Waals surface area contributed by atoms with E-state index in [9.17, 15) is 23.9 Å². The van der Waals surface area contributed by atoms with Crippen LogP contribution in [0.2, 0.25) is 0 Å². The largest absolute Gasteiger partial charge is 0.480 e. The molecule has 2 atom stereocenters. The Labute approximate surface area is 153 Å². The fourth-order valence-electron chi connectivity index (χ4n) is 3.01. The summed E-state index contributed by atoms with van der Waals surface area (Å²) in [6, 6.07) is 7.79. The van der Waals surface area contributed by atoms with E-state index in [1.165, 1.54) is 24.3 Å². The van der Waals surface area contributed by atoms with Crippen molar-refractivity contribution in [3.05, 3.63) is 41.8 Å². The number of amides is 2. The third kappa shape index (κ3) is 3.84. The first-order valence-electron chi connectivity index (χ1n) is 8.15. The molecule has 1 aromatic heterocycles. The average molecular weight is 370 g/mol. The summed E-state index contributed by atoms with van der Waals surface area (Å²) in [5.41, 5.74) is 0.478. The molecule has 0 bridgehead atoms. The molecule has 1 saturated heterocycles. The number of nitrogens with zero attached hydrogens (tertiary/aromatic N) is 3. The number of hydrogen-bond donors (Lipinski definition) is 2. The number of pyridine rings is 1. The SMILES string of the molecule is N#C[C@@H]1C[C@@H](C(=O)O)N(C(=O)CNC(=O)c2ccc3cc(F)ccc3n2)C1. The Bertz CT molecular complexity index is 971. The maximum absolute atomic E-state index is 13.2. The summed E-state index contributed by atoms with van der Waals surface area (Å²) in [4.78, 5) is 41.0. The second-order valence-electron chi connectivity index (χ2n) is 6.18. The summed E-state index contributed by atoms with van der Waals surface area (Å²) in [5.74, 6) is -3.35.